The van der Waals surface area contributed by atoms with Crippen LogP contribution in [-0.2, 0) is 10.0 Å². The second-order valence-electron chi connectivity index (χ2n) is 4.44. The average molecular weight is 351 g/mol. The number of aliphatic hydroxyl groups is 1. The molecule has 0 spiro atoms. The van der Waals surface area contributed by atoms with E-state index in [9.17, 15) is 26.7 Å². The second kappa shape index (κ2) is 6.60. The lowest BCUT2D eigenvalue weighted by Crippen LogP contribution is -2.28. The summed E-state index contributed by atoms with van der Waals surface area (Å²) in [5.74, 6) is -0.533. The Balaban J connectivity index is 2.02. The van der Waals surface area contributed by atoms with Gasteiger partial charge >= 0.3 is 6.36 Å². The van der Waals surface area contributed by atoms with E-state index < -0.39 is 28.2 Å². The number of halogens is 3. The summed E-state index contributed by atoms with van der Waals surface area (Å²) in [6.45, 7) is -0.317. The molecule has 2 rings (SSSR count). The molecule has 0 saturated carbocycles. The van der Waals surface area contributed by atoms with Crippen molar-refractivity contribution < 1.29 is 35.8 Å². The summed E-state index contributed by atoms with van der Waals surface area (Å²) in [5.41, 5.74) is 0.390. The normalized spacial score (nSPS) is 13.7. The maximum atomic E-state index is 12.0. The van der Waals surface area contributed by atoms with Crippen molar-refractivity contribution in [1.82, 2.24) is 4.72 Å². The predicted octanol–water partition coefficient (Wildman–Crippen LogP) is 2.19. The zero-order chi connectivity index (χ0) is 17.1. The molecule has 0 fully saturated rings. The van der Waals surface area contributed by atoms with Crippen LogP contribution in [0.4, 0.5) is 13.2 Å². The van der Waals surface area contributed by atoms with Gasteiger partial charge in [-0.2, -0.15) is 0 Å². The van der Waals surface area contributed by atoms with Crippen molar-refractivity contribution in [1.29, 1.82) is 0 Å². The van der Waals surface area contributed by atoms with Crippen LogP contribution in [0.5, 0.6) is 5.75 Å². The Kier molecular flexibility index (Phi) is 4.97. The van der Waals surface area contributed by atoms with Gasteiger partial charge in [-0.3, -0.25) is 0 Å². The lowest BCUT2D eigenvalue weighted by Gasteiger charge is -2.12. The molecule has 0 bridgehead atoms. The minimum atomic E-state index is -4.85. The van der Waals surface area contributed by atoms with Gasteiger partial charge in [0.05, 0.1) is 23.5 Å². The van der Waals surface area contributed by atoms with E-state index in [2.05, 4.69) is 9.46 Å². The Morgan fingerprint density at radius 2 is 1.87 bits per heavy atom. The highest BCUT2D eigenvalue weighted by molar-refractivity contribution is 7.89. The first-order valence-corrected chi connectivity index (χ1v) is 7.71. The molecule has 0 saturated heterocycles. The first-order valence-electron chi connectivity index (χ1n) is 6.23. The first-order chi connectivity index (χ1) is 10.7. The van der Waals surface area contributed by atoms with Gasteiger partial charge in [0.1, 0.15) is 5.75 Å². The third-order valence-electron chi connectivity index (χ3n) is 2.76. The zero-order valence-corrected chi connectivity index (χ0v) is 12.3. The number of rotatable bonds is 6. The summed E-state index contributed by atoms with van der Waals surface area (Å²) >= 11 is 0. The average Bonchev–Trinajstić information content (AvgIpc) is 2.98. The largest absolute Gasteiger partial charge is 0.573 e. The van der Waals surface area contributed by atoms with Gasteiger partial charge in [0.25, 0.3) is 0 Å². The number of ether oxygens (including phenoxy) is 1. The third-order valence-corrected chi connectivity index (χ3v) is 4.20. The van der Waals surface area contributed by atoms with Gasteiger partial charge in [-0.05, 0) is 30.3 Å². The number of alkyl halides is 3. The van der Waals surface area contributed by atoms with Crippen molar-refractivity contribution in [2.24, 2.45) is 0 Å². The lowest BCUT2D eigenvalue weighted by atomic mass is 10.2. The van der Waals surface area contributed by atoms with E-state index in [0.29, 0.717) is 5.56 Å². The Labute approximate surface area is 129 Å². The van der Waals surface area contributed by atoms with Gasteiger partial charge in [-0.25, -0.2) is 13.1 Å². The van der Waals surface area contributed by atoms with Crippen molar-refractivity contribution in [3.05, 3.63) is 48.4 Å². The van der Waals surface area contributed by atoms with Gasteiger partial charge in [0.15, 0.2) is 0 Å². The van der Waals surface area contributed by atoms with E-state index in [0.717, 1.165) is 24.3 Å². The molecule has 1 aromatic carbocycles. The highest BCUT2D eigenvalue weighted by atomic mass is 32.2. The van der Waals surface area contributed by atoms with Crippen molar-refractivity contribution in [3.8, 4) is 5.75 Å². The highest BCUT2D eigenvalue weighted by Crippen LogP contribution is 2.24. The molecule has 1 heterocycles. The number of sulfonamides is 1. The van der Waals surface area contributed by atoms with Crippen LogP contribution < -0.4 is 9.46 Å². The Morgan fingerprint density at radius 1 is 1.22 bits per heavy atom. The predicted molar refractivity (Wildman–Crippen MR) is 72.0 cm³/mol. The molecule has 0 aliphatic carbocycles. The monoisotopic (exact) mass is 351 g/mol. The molecule has 2 aromatic rings. The van der Waals surface area contributed by atoms with Crippen molar-refractivity contribution in [3.63, 3.8) is 0 Å². The van der Waals surface area contributed by atoms with Gasteiger partial charge in [0, 0.05) is 12.1 Å². The van der Waals surface area contributed by atoms with E-state index in [1.54, 1.807) is 0 Å². The molecule has 0 amide bonds. The quantitative estimate of drug-likeness (QED) is 0.833. The SMILES string of the molecule is O=S(=O)(NCC(O)c1ccoc1)c1ccc(OC(F)(F)F)cc1. The first kappa shape index (κ1) is 17.3. The maximum absolute atomic E-state index is 12.0. The number of hydrogen-bond acceptors (Lipinski definition) is 5. The fraction of sp³-hybridized carbons (Fsp3) is 0.231. The molecule has 0 aliphatic heterocycles. The Morgan fingerprint density at radius 3 is 2.39 bits per heavy atom. The van der Waals surface area contributed by atoms with Crippen LogP contribution in [0.15, 0.2) is 52.2 Å². The van der Waals surface area contributed by atoms with E-state index in [1.165, 1.54) is 18.6 Å². The van der Waals surface area contributed by atoms with Crippen LogP contribution in [0.1, 0.15) is 11.7 Å². The maximum Gasteiger partial charge on any atom is 0.573 e. The van der Waals surface area contributed by atoms with Crippen LogP contribution in [-0.4, -0.2) is 26.4 Å². The molecule has 1 unspecified atom stereocenters. The molecule has 6 nitrogen and oxygen atoms in total. The van der Waals surface area contributed by atoms with Crippen LogP contribution in [0.25, 0.3) is 0 Å². The molecule has 0 aliphatic rings. The topological polar surface area (TPSA) is 88.8 Å². The fourth-order valence-electron chi connectivity index (χ4n) is 1.67. The zero-order valence-electron chi connectivity index (χ0n) is 11.4. The molecule has 1 aromatic heterocycles. The number of hydrogen-bond donors (Lipinski definition) is 2. The van der Waals surface area contributed by atoms with Crippen LogP contribution >= 0.6 is 0 Å². The van der Waals surface area contributed by atoms with Gasteiger partial charge in [-0.1, -0.05) is 0 Å². The molecule has 2 N–H and O–H groups in total. The summed E-state index contributed by atoms with van der Waals surface area (Å²) in [5, 5.41) is 9.76. The molecular formula is C13H12F3NO5S. The Bertz CT molecular complexity index is 726. The summed E-state index contributed by atoms with van der Waals surface area (Å²) in [6.07, 6.45) is -3.38. The molecule has 126 valence electrons. The highest BCUT2D eigenvalue weighted by Gasteiger charge is 2.31. The molecule has 0 radical (unpaired) electrons. The van der Waals surface area contributed by atoms with Crippen molar-refractivity contribution in [2.45, 2.75) is 17.4 Å². The standard InChI is InChI=1S/C13H12F3NO5S/c14-13(15,16)22-10-1-3-11(4-2-10)23(19,20)17-7-12(18)9-5-6-21-8-9/h1-6,8,12,17-18H,7H2. The summed E-state index contributed by atoms with van der Waals surface area (Å²) < 4.78 is 70.6. The van der Waals surface area contributed by atoms with E-state index in [4.69, 9.17) is 4.42 Å². The summed E-state index contributed by atoms with van der Waals surface area (Å²) in [6, 6.07) is 5.17. The molecule has 1 atom stereocenters. The number of benzene rings is 1. The van der Waals surface area contributed by atoms with Crippen molar-refractivity contribution in [2.75, 3.05) is 6.54 Å². The number of aliphatic hydroxyl groups excluding tert-OH is 1. The van der Waals surface area contributed by atoms with Gasteiger partial charge in [0.2, 0.25) is 10.0 Å². The number of nitrogens with one attached hydrogen (secondary N) is 1. The number of furan rings is 1. The van der Waals surface area contributed by atoms with Gasteiger partial charge < -0.3 is 14.3 Å². The summed E-state index contributed by atoms with van der Waals surface area (Å²) in [4.78, 5) is -0.258. The van der Waals surface area contributed by atoms with Crippen molar-refractivity contribution >= 4 is 10.0 Å². The minimum Gasteiger partial charge on any atom is -0.472 e. The fourth-order valence-corrected chi connectivity index (χ4v) is 2.71. The smallest absolute Gasteiger partial charge is 0.472 e. The van der Waals surface area contributed by atoms with Gasteiger partial charge in [-0.15, -0.1) is 13.2 Å². The van der Waals surface area contributed by atoms with E-state index in [-0.39, 0.29) is 11.4 Å². The minimum absolute atomic E-state index is 0.258. The van der Waals surface area contributed by atoms with E-state index >= 15 is 0 Å². The van der Waals surface area contributed by atoms with Crippen LogP contribution in [0.2, 0.25) is 0 Å². The molecule has 10 heteroatoms. The van der Waals surface area contributed by atoms with Crippen LogP contribution in [0.3, 0.4) is 0 Å². The summed E-state index contributed by atoms with van der Waals surface area (Å²) in [7, 11) is -3.98. The third kappa shape index (κ3) is 4.98. The van der Waals surface area contributed by atoms with Crippen LogP contribution in [0, 0.1) is 0 Å². The lowest BCUT2D eigenvalue weighted by molar-refractivity contribution is -0.274. The second-order valence-corrected chi connectivity index (χ2v) is 6.21. The van der Waals surface area contributed by atoms with E-state index in [1.807, 2.05) is 0 Å². The molecular weight excluding hydrogens is 339 g/mol. The Hall–Kier alpha value is -2.04. The molecule has 23 heavy (non-hydrogen) atoms.